The van der Waals surface area contributed by atoms with Gasteiger partial charge in [-0.1, -0.05) is 37.1 Å². The van der Waals surface area contributed by atoms with Gasteiger partial charge in [0, 0.05) is 43.0 Å². The Hall–Kier alpha value is -2.67. The van der Waals surface area contributed by atoms with Crippen LogP contribution < -0.4 is 4.90 Å². The third-order valence-electron chi connectivity index (χ3n) is 5.34. The standard InChI is InChI=1S/C21H25ClN6O/c1-3-4-18-14-19(23-21-25-24-15(2)28(18)21)26-9-11-27(12-10-26)20(29)13-16-5-7-17(22)8-6-16/h5-8,14H,3-4,9-13H2,1-2H3. The summed E-state index contributed by atoms with van der Waals surface area (Å²) >= 11 is 5.92. The van der Waals surface area contributed by atoms with Gasteiger partial charge in [-0.3, -0.25) is 9.20 Å². The van der Waals surface area contributed by atoms with Crippen LogP contribution in [0.2, 0.25) is 5.02 Å². The maximum absolute atomic E-state index is 12.6. The second-order valence-electron chi connectivity index (χ2n) is 7.41. The molecule has 2 aromatic heterocycles. The quantitative estimate of drug-likeness (QED) is 0.644. The molecule has 0 atom stereocenters. The first kappa shape index (κ1) is 19.6. The van der Waals surface area contributed by atoms with Gasteiger partial charge in [0.2, 0.25) is 5.91 Å². The zero-order valence-corrected chi connectivity index (χ0v) is 17.6. The SMILES string of the molecule is CCCc1cc(N2CCN(C(=O)Cc3ccc(Cl)cc3)CC2)nc2nnc(C)n12. The van der Waals surface area contributed by atoms with Crippen molar-refractivity contribution in [3.05, 3.63) is 52.4 Å². The Morgan fingerprint density at radius 3 is 2.52 bits per heavy atom. The molecule has 7 nitrogen and oxygen atoms in total. The topological polar surface area (TPSA) is 66.6 Å². The predicted molar refractivity (Wildman–Crippen MR) is 113 cm³/mol. The maximum Gasteiger partial charge on any atom is 0.257 e. The summed E-state index contributed by atoms with van der Waals surface area (Å²) in [5.41, 5.74) is 2.16. The Bertz CT molecular complexity index is 1010. The number of nitrogens with zero attached hydrogens (tertiary/aromatic N) is 6. The number of rotatable bonds is 5. The molecule has 0 aliphatic carbocycles. The van der Waals surface area contributed by atoms with E-state index >= 15 is 0 Å². The Labute approximate surface area is 175 Å². The molecule has 0 saturated carbocycles. The summed E-state index contributed by atoms with van der Waals surface area (Å²) in [5.74, 6) is 2.57. The molecule has 1 aromatic carbocycles. The molecule has 1 aliphatic rings. The van der Waals surface area contributed by atoms with E-state index in [0.29, 0.717) is 30.3 Å². The molecule has 0 unspecified atom stereocenters. The second kappa shape index (κ2) is 8.37. The third-order valence-corrected chi connectivity index (χ3v) is 5.59. The molecule has 29 heavy (non-hydrogen) atoms. The number of hydrogen-bond donors (Lipinski definition) is 0. The van der Waals surface area contributed by atoms with Crippen LogP contribution in [0.15, 0.2) is 30.3 Å². The van der Waals surface area contributed by atoms with Gasteiger partial charge in [-0.05, 0) is 31.0 Å². The molecular formula is C21H25ClN6O. The highest BCUT2D eigenvalue weighted by molar-refractivity contribution is 6.30. The Kier molecular flexibility index (Phi) is 5.67. The van der Waals surface area contributed by atoms with Gasteiger partial charge in [-0.2, -0.15) is 4.98 Å². The van der Waals surface area contributed by atoms with E-state index in [2.05, 4.69) is 28.1 Å². The van der Waals surface area contributed by atoms with Crippen molar-refractivity contribution in [1.29, 1.82) is 0 Å². The summed E-state index contributed by atoms with van der Waals surface area (Å²) in [7, 11) is 0. The predicted octanol–water partition coefficient (Wildman–Crippen LogP) is 2.93. The summed E-state index contributed by atoms with van der Waals surface area (Å²) in [6, 6.07) is 9.60. The van der Waals surface area contributed by atoms with Gasteiger partial charge in [-0.15, -0.1) is 10.2 Å². The van der Waals surface area contributed by atoms with Crippen LogP contribution in [0.3, 0.4) is 0 Å². The van der Waals surface area contributed by atoms with E-state index in [0.717, 1.165) is 43.1 Å². The number of piperazine rings is 1. The number of halogens is 1. The molecular weight excluding hydrogens is 388 g/mol. The number of fused-ring (bicyclic) bond motifs is 1. The average molecular weight is 413 g/mol. The van der Waals surface area contributed by atoms with Gasteiger partial charge in [0.05, 0.1) is 6.42 Å². The lowest BCUT2D eigenvalue weighted by atomic mass is 10.1. The van der Waals surface area contributed by atoms with Crippen LogP contribution in [0.4, 0.5) is 5.82 Å². The van der Waals surface area contributed by atoms with Gasteiger partial charge in [0.25, 0.3) is 5.78 Å². The van der Waals surface area contributed by atoms with Crippen molar-refractivity contribution in [2.24, 2.45) is 0 Å². The summed E-state index contributed by atoms with van der Waals surface area (Å²) in [5, 5.41) is 9.08. The molecule has 3 aromatic rings. The van der Waals surface area contributed by atoms with Gasteiger partial charge in [0.15, 0.2) is 0 Å². The van der Waals surface area contributed by atoms with Crippen LogP contribution in [0.25, 0.3) is 5.78 Å². The van der Waals surface area contributed by atoms with E-state index in [1.54, 1.807) is 0 Å². The van der Waals surface area contributed by atoms with E-state index in [1.165, 1.54) is 5.69 Å². The number of aryl methyl sites for hydroxylation is 2. The Morgan fingerprint density at radius 2 is 1.83 bits per heavy atom. The monoisotopic (exact) mass is 412 g/mol. The molecule has 152 valence electrons. The second-order valence-corrected chi connectivity index (χ2v) is 7.85. The number of anilines is 1. The fourth-order valence-corrected chi connectivity index (χ4v) is 3.91. The zero-order chi connectivity index (χ0) is 20.4. The molecule has 1 fully saturated rings. The van der Waals surface area contributed by atoms with Crippen LogP contribution in [-0.2, 0) is 17.6 Å². The molecule has 0 bridgehead atoms. The highest BCUT2D eigenvalue weighted by Crippen LogP contribution is 2.20. The lowest BCUT2D eigenvalue weighted by Crippen LogP contribution is -2.49. The minimum Gasteiger partial charge on any atom is -0.353 e. The lowest BCUT2D eigenvalue weighted by Gasteiger charge is -2.35. The fraction of sp³-hybridized carbons (Fsp3) is 0.429. The third kappa shape index (κ3) is 4.19. The van der Waals surface area contributed by atoms with Crippen LogP contribution in [-0.4, -0.2) is 56.6 Å². The molecule has 1 amide bonds. The van der Waals surface area contributed by atoms with Crippen molar-refractivity contribution in [2.75, 3.05) is 31.1 Å². The van der Waals surface area contributed by atoms with Crippen LogP contribution in [0, 0.1) is 6.92 Å². The van der Waals surface area contributed by atoms with E-state index < -0.39 is 0 Å². The average Bonchev–Trinajstić information content (AvgIpc) is 3.11. The van der Waals surface area contributed by atoms with Crippen LogP contribution in [0.1, 0.15) is 30.4 Å². The summed E-state index contributed by atoms with van der Waals surface area (Å²) in [6.07, 6.45) is 2.40. The largest absolute Gasteiger partial charge is 0.353 e. The van der Waals surface area contributed by atoms with Crippen LogP contribution in [0.5, 0.6) is 0 Å². The first-order valence-electron chi connectivity index (χ1n) is 10.0. The lowest BCUT2D eigenvalue weighted by molar-refractivity contribution is -0.130. The van der Waals surface area contributed by atoms with E-state index in [1.807, 2.05) is 40.5 Å². The highest BCUT2D eigenvalue weighted by Gasteiger charge is 2.23. The molecule has 4 rings (SSSR count). The van der Waals surface area contributed by atoms with Crippen molar-refractivity contribution in [2.45, 2.75) is 33.1 Å². The van der Waals surface area contributed by atoms with E-state index in [9.17, 15) is 4.79 Å². The number of carbonyl (C=O) groups is 1. The first-order chi connectivity index (χ1) is 14.0. The summed E-state index contributed by atoms with van der Waals surface area (Å²) in [4.78, 5) is 21.5. The Balaban J connectivity index is 1.44. The smallest absolute Gasteiger partial charge is 0.257 e. The molecule has 1 saturated heterocycles. The number of benzene rings is 1. The van der Waals surface area contributed by atoms with Gasteiger partial charge in [-0.25, -0.2) is 0 Å². The van der Waals surface area contributed by atoms with E-state index in [-0.39, 0.29) is 5.91 Å². The molecule has 8 heteroatoms. The van der Waals surface area contributed by atoms with Crippen molar-refractivity contribution < 1.29 is 4.79 Å². The minimum atomic E-state index is 0.148. The van der Waals surface area contributed by atoms with Crippen molar-refractivity contribution in [3.8, 4) is 0 Å². The summed E-state index contributed by atoms with van der Waals surface area (Å²) in [6.45, 7) is 7.01. The zero-order valence-electron chi connectivity index (χ0n) is 16.8. The molecule has 1 aliphatic heterocycles. The first-order valence-corrected chi connectivity index (χ1v) is 10.4. The van der Waals surface area contributed by atoms with Crippen molar-refractivity contribution in [3.63, 3.8) is 0 Å². The highest BCUT2D eigenvalue weighted by atomic mass is 35.5. The molecule has 0 radical (unpaired) electrons. The van der Waals surface area contributed by atoms with Crippen molar-refractivity contribution in [1.82, 2.24) is 24.5 Å². The van der Waals surface area contributed by atoms with Gasteiger partial charge < -0.3 is 9.80 Å². The normalized spacial score (nSPS) is 14.6. The van der Waals surface area contributed by atoms with E-state index in [4.69, 9.17) is 16.6 Å². The Morgan fingerprint density at radius 1 is 1.10 bits per heavy atom. The number of hydrogen-bond acceptors (Lipinski definition) is 5. The number of amides is 1. The summed E-state index contributed by atoms with van der Waals surface area (Å²) < 4.78 is 2.03. The van der Waals surface area contributed by atoms with Gasteiger partial charge in [0.1, 0.15) is 11.6 Å². The van der Waals surface area contributed by atoms with Gasteiger partial charge >= 0.3 is 0 Å². The van der Waals surface area contributed by atoms with Crippen molar-refractivity contribution >= 4 is 29.1 Å². The molecule has 3 heterocycles. The molecule has 0 spiro atoms. The molecule has 0 N–H and O–H groups in total. The van der Waals surface area contributed by atoms with Crippen LogP contribution >= 0.6 is 11.6 Å². The number of carbonyl (C=O) groups excluding carboxylic acids is 1. The minimum absolute atomic E-state index is 0.148. The maximum atomic E-state index is 12.6. The fourth-order valence-electron chi connectivity index (χ4n) is 3.78. The number of aromatic nitrogens is 4.